The van der Waals surface area contributed by atoms with Gasteiger partial charge in [-0.05, 0) is 19.1 Å². The Bertz CT molecular complexity index is 623. The van der Waals surface area contributed by atoms with Gasteiger partial charge >= 0.3 is 6.09 Å². The van der Waals surface area contributed by atoms with E-state index in [2.05, 4.69) is 20.1 Å². The number of hydrogen-bond donors (Lipinski definition) is 2. The third-order valence-corrected chi connectivity index (χ3v) is 2.33. The molecule has 0 atom stereocenters. The molecule has 0 unspecified atom stereocenters. The number of nitrogens with zero attached hydrogens (tertiary/aromatic N) is 3. The zero-order valence-electron chi connectivity index (χ0n) is 10.7. The second kappa shape index (κ2) is 5.83. The van der Waals surface area contributed by atoms with Gasteiger partial charge in [0.2, 0.25) is 5.95 Å². The van der Waals surface area contributed by atoms with Crippen molar-refractivity contribution < 1.29 is 14.3 Å². The van der Waals surface area contributed by atoms with Crippen molar-refractivity contribution in [2.45, 2.75) is 6.92 Å². The molecule has 0 aliphatic rings. The summed E-state index contributed by atoms with van der Waals surface area (Å²) < 4.78 is 5.59. The van der Waals surface area contributed by atoms with Gasteiger partial charge in [-0.3, -0.25) is 10.1 Å². The quantitative estimate of drug-likeness (QED) is 0.867. The molecular formula is C12H13N5O3. The molecule has 0 aliphatic carbocycles. The third-order valence-electron chi connectivity index (χ3n) is 2.33. The third kappa shape index (κ3) is 2.91. The van der Waals surface area contributed by atoms with E-state index in [1.165, 1.54) is 0 Å². The number of nitrogens with one attached hydrogen (secondary N) is 1. The molecule has 1 aromatic heterocycles. The number of benzene rings is 1. The van der Waals surface area contributed by atoms with Gasteiger partial charge in [0.05, 0.1) is 6.61 Å². The minimum absolute atomic E-state index is 0.0924. The highest BCUT2D eigenvalue weighted by Crippen LogP contribution is 2.09. The van der Waals surface area contributed by atoms with Crippen molar-refractivity contribution >= 4 is 23.9 Å². The first-order chi connectivity index (χ1) is 9.61. The number of amides is 1. The van der Waals surface area contributed by atoms with Crippen LogP contribution in [0.2, 0.25) is 0 Å². The molecule has 20 heavy (non-hydrogen) atoms. The van der Waals surface area contributed by atoms with Crippen molar-refractivity contribution in [1.82, 2.24) is 14.8 Å². The number of nitrogen functional groups attached to an aromatic ring is 1. The van der Waals surface area contributed by atoms with Crippen LogP contribution in [0.4, 0.5) is 16.7 Å². The molecule has 0 radical (unpaired) electrons. The van der Waals surface area contributed by atoms with Crippen molar-refractivity contribution in [3.05, 3.63) is 35.9 Å². The SMILES string of the molecule is CCOC(=O)Nc1nc(N)n(C(=O)c2ccccc2)n1. The van der Waals surface area contributed by atoms with Crippen LogP contribution in [0, 0.1) is 0 Å². The zero-order chi connectivity index (χ0) is 14.5. The highest BCUT2D eigenvalue weighted by atomic mass is 16.5. The maximum absolute atomic E-state index is 12.1. The highest BCUT2D eigenvalue weighted by Gasteiger charge is 2.16. The molecule has 8 nitrogen and oxygen atoms in total. The van der Waals surface area contributed by atoms with Gasteiger partial charge in [-0.25, -0.2) is 4.79 Å². The summed E-state index contributed by atoms with van der Waals surface area (Å²) in [5.41, 5.74) is 6.01. The average molecular weight is 275 g/mol. The summed E-state index contributed by atoms with van der Waals surface area (Å²) in [5.74, 6) is -0.650. The number of aromatic nitrogens is 3. The molecule has 0 saturated carbocycles. The lowest BCUT2D eigenvalue weighted by molar-refractivity contribution is 0.0947. The Hall–Kier alpha value is -2.90. The summed E-state index contributed by atoms with van der Waals surface area (Å²) in [5, 5.41) is 6.10. The fourth-order valence-corrected chi connectivity index (χ4v) is 1.49. The van der Waals surface area contributed by atoms with E-state index in [1.807, 2.05) is 0 Å². The maximum Gasteiger partial charge on any atom is 0.414 e. The van der Waals surface area contributed by atoms with Gasteiger partial charge in [0.15, 0.2) is 0 Å². The standard InChI is InChI=1S/C12H13N5O3/c1-2-20-12(19)15-11-14-10(13)17(16-11)9(18)8-6-4-3-5-7-8/h3-7H,2H2,1H3,(H3,13,14,15,16,19). The Morgan fingerprint density at radius 1 is 1.35 bits per heavy atom. The van der Waals surface area contributed by atoms with Gasteiger partial charge in [0.1, 0.15) is 0 Å². The maximum atomic E-state index is 12.1. The number of anilines is 2. The van der Waals surface area contributed by atoms with Crippen molar-refractivity contribution in [1.29, 1.82) is 0 Å². The minimum atomic E-state index is -0.711. The number of ether oxygens (including phenoxy) is 1. The molecule has 3 N–H and O–H groups in total. The van der Waals surface area contributed by atoms with Gasteiger partial charge in [0, 0.05) is 5.56 Å². The number of rotatable bonds is 3. The summed E-state index contributed by atoms with van der Waals surface area (Å²) in [6, 6.07) is 8.48. The molecule has 0 aliphatic heterocycles. The summed E-state index contributed by atoms with van der Waals surface area (Å²) in [4.78, 5) is 27.1. The monoisotopic (exact) mass is 275 g/mol. The predicted octanol–water partition coefficient (Wildman–Crippen LogP) is 1.12. The van der Waals surface area contributed by atoms with Gasteiger partial charge in [-0.1, -0.05) is 18.2 Å². The van der Waals surface area contributed by atoms with Crippen molar-refractivity contribution in [3.8, 4) is 0 Å². The van der Waals surface area contributed by atoms with Crippen LogP contribution in [0.3, 0.4) is 0 Å². The Morgan fingerprint density at radius 3 is 2.70 bits per heavy atom. The Kier molecular flexibility index (Phi) is 3.94. The first kappa shape index (κ1) is 13.5. The van der Waals surface area contributed by atoms with E-state index >= 15 is 0 Å². The first-order valence-electron chi connectivity index (χ1n) is 5.88. The lowest BCUT2D eigenvalue weighted by Gasteiger charge is -2.01. The highest BCUT2D eigenvalue weighted by molar-refractivity contribution is 5.97. The number of nitrogens with two attached hydrogens (primary N) is 1. The molecule has 2 aromatic rings. The summed E-state index contributed by atoms with van der Waals surface area (Å²) in [6.45, 7) is 1.88. The van der Waals surface area contributed by atoms with Crippen LogP contribution < -0.4 is 11.1 Å². The molecule has 0 saturated heterocycles. The van der Waals surface area contributed by atoms with Gasteiger partial charge in [-0.2, -0.15) is 9.67 Å². The molecule has 0 fully saturated rings. The van der Waals surface area contributed by atoms with Crippen molar-refractivity contribution in [3.63, 3.8) is 0 Å². The van der Waals surface area contributed by atoms with Gasteiger partial charge in [-0.15, -0.1) is 5.10 Å². The lowest BCUT2D eigenvalue weighted by Crippen LogP contribution is -2.17. The fourth-order valence-electron chi connectivity index (χ4n) is 1.49. The number of carbonyl (C=O) groups is 2. The Morgan fingerprint density at radius 2 is 2.05 bits per heavy atom. The molecule has 104 valence electrons. The van der Waals surface area contributed by atoms with Crippen LogP contribution in [0.25, 0.3) is 0 Å². The Balaban J connectivity index is 2.19. The summed E-state index contributed by atoms with van der Waals surface area (Å²) >= 11 is 0. The van der Waals surface area contributed by atoms with E-state index < -0.39 is 12.0 Å². The minimum Gasteiger partial charge on any atom is -0.450 e. The first-order valence-corrected chi connectivity index (χ1v) is 5.88. The molecule has 1 aromatic carbocycles. The van der Waals surface area contributed by atoms with Crippen LogP contribution in [0.15, 0.2) is 30.3 Å². The number of carbonyl (C=O) groups excluding carboxylic acids is 2. The van der Waals surface area contributed by atoms with E-state index in [9.17, 15) is 9.59 Å². The normalized spacial score (nSPS) is 10.1. The number of hydrogen-bond acceptors (Lipinski definition) is 6. The second-order valence-corrected chi connectivity index (χ2v) is 3.72. The van der Waals surface area contributed by atoms with Crippen LogP contribution in [0.5, 0.6) is 0 Å². The zero-order valence-corrected chi connectivity index (χ0v) is 10.7. The van der Waals surface area contributed by atoms with Crippen molar-refractivity contribution in [2.24, 2.45) is 0 Å². The smallest absolute Gasteiger partial charge is 0.414 e. The van der Waals surface area contributed by atoms with E-state index in [0.29, 0.717) is 5.56 Å². The van der Waals surface area contributed by atoms with Crippen molar-refractivity contribution in [2.75, 3.05) is 17.7 Å². The fraction of sp³-hybridized carbons (Fsp3) is 0.167. The van der Waals surface area contributed by atoms with Gasteiger partial charge in [0.25, 0.3) is 11.9 Å². The Labute approximate surface area is 114 Å². The molecule has 1 amide bonds. The predicted molar refractivity (Wildman–Crippen MR) is 71.2 cm³/mol. The largest absolute Gasteiger partial charge is 0.450 e. The van der Waals surface area contributed by atoms with Crippen LogP contribution in [-0.4, -0.2) is 33.4 Å². The van der Waals surface area contributed by atoms with E-state index in [0.717, 1.165) is 4.68 Å². The molecule has 2 rings (SSSR count). The van der Waals surface area contributed by atoms with E-state index in [1.54, 1.807) is 37.3 Å². The summed E-state index contributed by atoms with van der Waals surface area (Å²) in [6.07, 6.45) is -0.711. The van der Waals surface area contributed by atoms with Crippen LogP contribution in [-0.2, 0) is 4.74 Å². The van der Waals surface area contributed by atoms with Crippen LogP contribution >= 0.6 is 0 Å². The second-order valence-electron chi connectivity index (χ2n) is 3.72. The van der Waals surface area contributed by atoms with Gasteiger partial charge < -0.3 is 10.5 Å². The van der Waals surface area contributed by atoms with Crippen LogP contribution in [0.1, 0.15) is 17.3 Å². The molecule has 0 spiro atoms. The van der Waals surface area contributed by atoms with E-state index in [4.69, 9.17) is 5.73 Å². The van der Waals surface area contributed by atoms with E-state index in [-0.39, 0.29) is 18.5 Å². The topological polar surface area (TPSA) is 112 Å². The molecule has 0 bridgehead atoms. The molecular weight excluding hydrogens is 262 g/mol. The lowest BCUT2D eigenvalue weighted by atomic mass is 10.2. The molecule has 8 heteroatoms. The summed E-state index contributed by atoms with van der Waals surface area (Å²) in [7, 11) is 0. The average Bonchev–Trinajstić information content (AvgIpc) is 2.80. The molecule has 1 heterocycles.